The van der Waals surface area contributed by atoms with Crippen LogP contribution in [0.2, 0.25) is 5.02 Å². The summed E-state index contributed by atoms with van der Waals surface area (Å²) in [7, 11) is -3.69. The normalized spacial score (nSPS) is 14.8. The summed E-state index contributed by atoms with van der Waals surface area (Å²) in [6.07, 6.45) is 3.84. The fourth-order valence-electron chi connectivity index (χ4n) is 2.98. The number of halogens is 1. The van der Waals surface area contributed by atoms with Crippen LogP contribution in [0.15, 0.2) is 53.4 Å². The van der Waals surface area contributed by atoms with Crippen molar-refractivity contribution < 1.29 is 13.3 Å². The number of benzene rings is 2. The second-order valence-electron chi connectivity index (χ2n) is 6.11. The molecule has 0 atom stereocenters. The van der Waals surface area contributed by atoms with Gasteiger partial charge in [0, 0.05) is 36.1 Å². The zero-order valence-corrected chi connectivity index (χ0v) is 15.6. The van der Waals surface area contributed by atoms with E-state index >= 15 is 0 Å². The minimum Gasteiger partial charge on any atom is -0.367 e. The van der Waals surface area contributed by atoms with E-state index in [0.29, 0.717) is 23.8 Å². The Bertz CT molecular complexity index is 985. The third kappa shape index (κ3) is 3.89. The smallest absolute Gasteiger partial charge is 0.288 e. The lowest BCUT2D eigenvalue weighted by Gasteiger charge is -2.29. The highest BCUT2D eigenvalue weighted by atomic mass is 35.5. The molecule has 26 heavy (non-hydrogen) atoms. The van der Waals surface area contributed by atoms with E-state index in [1.807, 2.05) is 29.2 Å². The van der Waals surface area contributed by atoms with Gasteiger partial charge in [0.15, 0.2) is 9.84 Å². The summed E-state index contributed by atoms with van der Waals surface area (Å²) in [4.78, 5) is 12.2. The molecule has 3 rings (SSSR count). The number of hydrogen-bond acceptors (Lipinski definition) is 5. The standard InChI is InChI=1S/C18H17ClN2O4S/c1-26(24,25)18-12-16(6-7-17(18)21(22)23)20-10-8-14(9-11-20)13-2-4-15(19)5-3-13/h2-8,12H,9-11H2,1H3. The molecule has 0 saturated carbocycles. The molecule has 1 aliphatic heterocycles. The number of nitro benzene ring substituents is 1. The fraction of sp³-hybridized carbons (Fsp3) is 0.222. The van der Waals surface area contributed by atoms with Gasteiger partial charge in [-0.2, -0.15) is 0 Å². The number of anilines is 1. The van der Waals surface area contributed by atoms with Gasteiger partial charge in [0.05, 0.1) is 4.92 Å². The third-order valence-corrected chi connectivity index (χ3v) is 5.71. The Balaban J connectivity index is 1.87. The molecule has 2 aromatic rings. The summed E-state index contributed by atoms with van der Waals surface area (Å²) in [6, 6.07) is 11.9. The van der Waals surface area contributed by atoms with Gasteiger partial charge in [-0.15, -0.1) is 0 Å². The minimum atomic E-state index is -3.69. The molecule has 0 fully saturated rings. The highest BCUT2D eigenvalue weighted by molar-refractivity contribution is 7.90. The van der Waals surface area contributed by atoms with Crippen LogP contribution < -0.4 is 4.90 Å². The Kier molecular flexibility index (Phi) is 5.02. The van der Waals surface area contributed by atoms with E-state index in [0.717, 1.165) is 18.2 Å². The van der Waals surface area contributed by atoms with Crippen molar-refractivity contribution in [2.24, 2.45) is 0 Å². The number of sulfone groups is 1. The first kappa shape index (κ1) is 18.4. The van der Waals surface area contributed by atoms with Crippen molar-refractivity contribution in [3.63, 3.8) is 0 Å². The van der Waals surface area contributed by atoms with E-state index in [4.69, 9.17) is 11.6 Å². The zero-order chi connectivity index (χ0) is 18.9. The lowest BCUT2D eigenvalue weighted by atomic mass is 9.99. The molecular formula is C18H17ClN2O4S. The lowest BCUT2D eigenvalue weighted by molar-refractivity contribution is -0.387. The average Bonchev–Trinajstić information content (AvgIpc) is 2.61. The van der Waals surface area contributed by atoms with Crippen molar-refractivity contribution in [3.05, 3.63) is 69.2 Å². The first-order valence-electron chi connectivity index (χ1n) is 7.94. The first-order chi connectivity index (χ1) is 12.3. The second kappa shape index (κ2) is 7.09. The van der Waals surface area contributed by atoms with Crippen molar-refractivity contribution in [1.82, 2.24) is 0 Å². The van der Waals surface area contributed by atoms with Gasteiger partial charge in [0.25, 0.3) is 5.69 Å². The van der Waals surface area contributed by atoms with Crippen molar-refractivity contribution in [2.75, 3.05) is 24.2 Å². The molecule has 136 valence electrons. The quantitative estimate of drug-likeness (QED) is 0.581. The molecule has 0 bridgehead atoms. The van der Waals surface area contributed by atoms with Crippen LogP contribution in [0.4, 0.5) is 11.4 Å². The molecule has 8 heteroatoms. The summed E-state index contributed by atoms with van der Waals surface area (Å²) in [5.74, 6) is 0. The fourth-order valence-corrected chi connectivity index (χ4v) is 3.96. The van der Waals surface area contributed by atoms with Crippen LogP contribution in [-0.2, 0) is 9.84 Å². The molecule has 0 saturated heterocycles. The van der Waals surface area contributed by atoms with Crippen LogP contribution >= 0.6 is 11.6 Å². The van der Waals surface area contributed by atoms with Gasteiger partial charge in [-0.05, 0) is 41.8 Å². The van der Waals surface area contributed by atoms with E-state index in [1.165, 1.54) is 17.7 Å². The highest BCUT2D eigenvalue weighted by Crippen LogP contribution is 2.31. The van der Waals surface area contributed by atoms with Gasteiger partial charge in [0.1, 0.15) is 4.90 Å². The SMILES string of the molecule is CS(=O)(=O)c1cc(N2CC=C(c3ccc(Cl)cc3)CC2)ccc1[N+](=O)[O-]. The second-order valence-corrected chi connectivity index (χ2v) is 8.53. The van der Waals surface area contributed by atoms with E-state index in [9.17, 15) is 18.5 Å². The maximum absolute atomic E-state index is 11.9. The Morgan fingerprint density at radius 1 is 1.15 bits per heavy atom. The summed E-state index contributed by atoms with van der Waals surface area (Å²) in [5.41, 5.74) is 2.56. The largest absolute Gasteiger partial charge is 0.367 e. The molecule has 6 nitrogen and oxygen atoms in total. The monoisotopic (exact) mass is 392 g/mol. The van der Waals surface area contributed by atoms with Gasteiger partial charge in [-0.25, -0.2) is 8.42 Å². The Morgan fingerprint density at radius 2 is 1.85 bits per heavy atom. The zero-order valence-electron chi connectivity index (χ0n) is 14.1. The van der Waals surface area contributed by atoms with E-state index < -0.39 is 20.4 Å². The van der Waals surface area contributed by atoms with Gasteiger partial charge >= 0.3 is 0 Å². The Morgan fingerprint density at radius 3 is 2.38 bits per heavy atom. The van der Waals surface area contributed by atoms with Gasteiger partial charge in [-0.3, -0.25) is 10.1 Å². The highest BCUT2D eigenvalue weighted by Gasteiger charge is 2.24. The molecule has 0 unspecified atom stereocenters. The number of nitrogens with zero attached hydrogens (tertiary/aromatic N) is 2. The van der Waals surface area contributed by atoms with Gasteiger partial charge < -0.3 is 4.90 Å². The van der Waals surface area contributed by atoms with Crippen LogP contribution in [0.25, 0.3) is 5.57 Å². The van der Waals surface area contributed by atoms with Crippen molar-refractivity contribution >= 4 is 38.4 Å². The molecular weight excluding hydrogens is 376 g/mol. The molecule has 0 spiro atoms. The molecule has 1 heterocycles. The molecule has 1 aliphatic rings. The molecule has 0 amide bonds. The van der Waals surface area contributed by atoms with Crippen LogP contribution in [0, 0.1) is 10.1 Å². The molecule has 0 N–H and O–H groups in total. The predicted molar refractivity (Wildman–Crippen MR) is 102 cm³/mol. The molecule has 0 radical (unpaired) electrons. The maximum Gasteiger partial charge on any atom is 0.288 e. The van der Waals surface area contributed by atoms with Crippen LogP contribution in [0.3, 0.4) is 0 Å². The van der Waals surface area contributed by atoms with Gasteiger partial charge in [-0.1, -0.05) is 29.8 Å². The molecule has 2 aromatic carbocycles. The topological polar surface area (TPSA) is 80.5 Å². The van der Waals surface area contributed by atoms with E-state index in [2.05, 4.69) is 6.08 Å². The first-order valence-corrected chi connectivity index (χ1v) is 10.2. The minimum absolute atomic E-state index is 0.257. The number of rotatable bonds is 4. The molecule has 0 aromatic heterocycles. The lowest BCUT2D eigenvalue weighted by Crippen LogP contribution is -2.28. The summed E-state index contributed by atoms with van der Waals surface area (Å²) in [5, 5.41) is 11.8. The van der Waals surface area contributed by atoms with Crippen LogP contribution in [0.5, 0.6) is 0 Å². The summed E-state index contributed by atoms with van der Waals surface area (Å²) < 4.78 is 23.8. The van der Waals surface area contributed by atoms with Crippen molar-refractivity contribution in [2.45, 2.75) is 11.3 Å². The maximum atomic E-state index is 11.9. The average molecular weight is 393 g/mol. The Hall–Kier alpha value is -2.38. The Labute approximate surface area is 156 Å². The van der Waals surface area contributed by atoms with Crippen LogP contribution in [0.1, 0.15) is 12.0 Å². The van der Waals surface area contributed by atoms with E-state index in [-0.39, 0.29) is 4.90 Å². The van der Waals surface area contributed by atoms with Gasteiger partial charge in [0.2, 0.25) is 0 Å². The molecule has 0 aliphatic carbocycles. The van der Waals surface area contributed by atoms with Crippen LogP contribution in [-0.4, -0.2) is 32.7 Å². The third-order valence-electron chi connectivity index (χ3n) is 4.33. The number of hydrogen-bond donors (Lipinski definition) is 0. The van der Waals surface area contributed by atoms with E-state index in [1.54, 1.807) is 6.07 Å². The van der Waals surface area contributed by atoms with Crippen molar-refractivity contribution in [1.29, 1.82) is 0 Å². The predicted octanol–water partition coefficient (Wildman–Crippen LogP) is 3.95. The summed E-state index contributed by atoms with van der Waals surface area (Å²) in [6.45, 7) is 1.29. The summed E-state index contributed by atoms with van der Waals surface area (Å²) >= 11 is 5.92. The van der Waals surface area contributed by atoms with Crippen molar-refractivity contribution in [3.8, 4) is 0 Å². The number of nitro groups is 1.